The molecule has 0 spiro atoms. The molecule has 3 aliphatic rings. The summed E-state index contributed by atoms with van der Waals surface area (Å²) in [4.78, 5) is 11.5. The smallest absolute Gasteiger partial charge is 0.333 e. The molecule has 102 valence electrons. The second-order valence-corrected chi connectivity index (χ2v) is 5.88. The van der Waals surface area contributed by atoms with Gasteiger partial charge in [-0.3, -0.25) is 0 Å². The molecular formula is C16H26O2. The Kier molecular flexibility index (Phi) is 4.14. The van der Waals surface area contributed by atoms with Crippen LogP contribution >= 0.6 is 0 Å². The van der Waals surface area contributed by atoms with Gasteiger partial charge in [-0.05, 0) is 56.3 Å². The maximum absolute atomic E-state index is 11.5. The lowest BCUT2D eigenvalue weighted by molar-refractivity contribution is -0.148. The molecule has 0 aromatic heterocycles. The molecule has 0 heterocycles. The minimum absolute atomic E-state index is 0.188. The molecule has 0 radical (unpaired) electrons. The first kappa shape index (κ1) is 13.6. The standard InChI is InChI=1S/C14H20O2.C2H6/c1-8(2)14(15)16-13-7-9-6-12(13)11-5-3-4-10(9)11;1-2/h9-13H,1,3-7H2,2H3;1-2H3. The molecule has 2 bridgehead atoms. The quantitative estimate of drug-likeness (QED) is 0.548. The molecule has 0 amide bonds. The Balaban J connectivity index is 0.000000574. The number of esters is 1. The molecule has 0 aliphatic heterocycles. The van der Waals surface area contributed by atoms with Crippen molar-refractivity contribution in [3.8, 4) is 0 Å². The van der Waals surface area contributed by atoms with Crippen molar-refractivity contribution in [2.45, 2.75) is 59.0 Å². The molecule has 0 saturated heterocycles. The zero-order valence-corrected chi connectivity index (χ0v) is 11.9. The molecule has 0 aromatic rings. The highest BCUT2D eigenvalue weighted by Crippen LogP contribution is 2.59. The van der Waals surface area contributed by atoms with Crippen LogP contribution < -0.4 is 0 Å². The summed E-state index contributed by atoms with van der Waals surface area (Å²) >= 11 is 0. The van der Waals surface area contributed by atoms with Crippen molar-refractivity contribution >= 4 is 5.97 Å². The lowest BCUT2D eigenvalue weighted by Crippen LogP contribution is -2.32. The Bertz CT molecular complexity index is 334. The molecule has 3 aliphatic carbocycles. The summed E-state index contributed by atoms with van der Waals surface area (Å²) in [6.45, 7) is 9.38. The average Bonchev–Trinajstić information content (AvgIpc) is 3.02. The van der Waals surface area contributed by atoms with Gasteiger partial charge in [0.25, 0.3) is 0 Å². The zero-order chi connectivity index (χ0) is 13.3. The monoisotopic (exact) mass is 250 g/mol. The molecule has 2 nitrogen and oxygen atoms in total. The number of hydrogen-bond acceptors (Lipinski definition) is 2. The maximum Gasteiger partial charge on any atom is 0.333 e. The van der Waals surface area contributed by atoms with Gasteiger partial charge >= 0.3 is 5.97 Å². The molecule has 3 rings (SSSR count). The van der Waals surface area contributed by atoms with Crippen LogP contribution in [-0.4, -0.2) is 12.1 Å². The van der Waals surface area contributed by atoms with Crippen LogP contribution in [-0.2, 0) is 9.53 Å². The van der Waals surface area contributed by atoms with Gasteiger partial charge in [0, 0.05) is 5.57 Å². The van der Waals surface area contributed by atoms with Gasteiger partial charge in [-0.15, -0.1) is 0 Å². The minimum Gasteiger partial charge on any atom is -0.459 e. The van der Waals surface area contributed by atoms with Crippen LogP contribution in [0.2, 0.25) is 0 Å². The van der Waals surface area contributed by atoms with Crippen LogP contribution in [0.25, 0.3) is 0 Å². The van der Waals surface area contributed by atoms with Crippen LogP contribution in [0.4, 0.5) is 0 Å². The van der Waals surface area contributed by atoms with Crippen molar-refractivity contribution in [1.29, 1.82) is 0 Å². The fourth-order valence-electron chi connectivity index (χ4n) is 4.38. The van der Waals surface area contributed by atoms with Crippen molar-refractivity contribution in [3.05, 3.63) is 12.2 Å². The normalized spacial score (nSPS) is 39.8. The SMILES string of the molecule is C=C(C)C(=O)OC1CC2CC1C1CCCC21.CC. The van der Waals surface area contributed by atoms with Crippen LogP contribution in [0.15, 0.2) is 12.2 Å². The van der Waals surface area contributed by atoms with Crippen molar-refractivity contribution in [1.82, 2.24) is 0 Å². The minimum atomic E-state index is -0.188. The Hall–Kier alpha value is -0.790. The van der Waals surface area contributed by atoms with Gasteiger partial charge in [-0.1, -0.05) is 26.8 Å². The number of fused-ring (bicyclic) bond motifs is 5. The molecule has 5 atom stereocenters. The summed E-state index contributed by atoms with van der Waals surface area (Å²) < 4.78 is 5.58. The van der Waals surface area contributed by atoms with Gasteiger partial charge in [0.15, 0.2) is 0 Å². The number of ether oxygens (including phenoxy) is 1. The van der Waals surface area contributed by atoms with E-state index in [0.29, 0.717) is 11.5 Å². The summed E-state index contributed by atoms with van der Waals surface area (Å²) in [7, 11) is 0. The first-order valence-electron chi connectivity index (χ1n) is 7.53. The lowest BCUT2D eigenvalue weighted by atomic mass is 9.80. The molecular weight excluding hydrogens is 224 g/mol. The van der Waals surface area contributed by atoms with Crippen molar-refractivity contribution in [2.75, 3.05) is 0 Å². The number of rotatable bonds is 2. The summed E-state index contributed by atoms with van der Waals surface area (Å²) in [5, 5.41) is 0. The third kappa shape index (κ3) is 2.22. The first-order valence-corrected chi connectivity index (χ1v) is 7.53. The predicted molar refractivity (Wildman–Crippen MR) is 73.1 cm³/mol. The van der Waals surface area contributed by atoms with E-state index < -0.39 is 0 Å². The number of carbonyl (C=O) groups excluding carboxylic acids is 1. The Morgan fingerprint density at radius 3 is 2.44 bits per heavy atom. The first-order chi connectivity index (χ1) is 8.66. The van der Waals surface area contributed by atoms with Gasteiger partial charge in [0.2, 0.25) is 0 Å². The highest BCUT2D eigenvalue weighted by molar-refractivity contribution is 5.87. The fraction of sp³-hybridized carbons (Fsp3) is 0.812. The van der Waals surface area contributed by atoms with E-state index in [9.17, 15) is 4.79 Å². The lowest BCUT2D eigenvalue weighted by Gasteiger charge is -2.31. The van der Waals surface area contributed by atoms with E-state index in [1.54, 1.807) is 6.92 Å². The summed E-state index contributed by atoms with van der Waals surface area (Å²) in [5.74, 6) is 3.15. The van der Waals surface area contributed by atoms with Gasteiger partial charge < -0.3 is 4.74 Å². The highest BCUT2D eigenvalue weighted by Gasteiger charge is 2.55. The Morgan fingerprint density at radius 2 is 1.78 bits per heavy atom. The van der Waals surface area contributed by atoms with Crippen LogP contribution in [0.3, 0.4) is 0 Å². The third-order valence-electron chi connectivity index (χ3n) is 4.97. The van der Waals surface area contributed by atoms with E-state index >= 15 is 0 Å². The van der Waals surface area contributed by atoms with E-state index in [1.165, 1.54) is 25.7 Å². The molecule has 5 unspecified atom stereocenters. The predicted octanol–water partition coefficient (Wildman–Crippen LogP) is 3.96. The van der Waals surface area contributed by atoms with Gasteiger partial charge in [-0.2, -0.15) is 0 Å². The molecule has 2 heteroatoms. The Labute approximate surface area is 111 Å². The van der Waals surface area contributed by atoms with Crippen molar-refractivity contribution in [2.24, 2.45) is 23.7 Å². The maximum atomic E-state index is 11.5. The Morgan fingerprint density at radius 1 is 1.11 bits per heavy atom. The second kappa shape index (κ2) is 5.46. The molecule has 3 fully saturated rings. The van der Waals surface area contributed by atoms with E-state index in [-0.39, 0.29) is 12.1 Å². The molecule has 0 N–H and O–H groups in total. The average molecular weight is 250 g/mol. The van der Waals surface area contributed by atoms with E-state index in [0.717, 1.165) is 24.2 Å². The topological polar surface area (TPSA) is 26.3 Å². The highest BCUT2D eigenvalue weighted by atomic mass is 16.5. The van der Waals surface area contributed by atoms with Crippen molar-refractivity contribution < 1.29 is 9.53 Å². The van der Waals surface area contributed by atoms with E-state index in [1.807, 2.05) is 13.8 Å². The summed E-state index contributed by atoms with van der Waals surface area (Å²) in [6.07, 6.45) is 6.81. The fourth-order valence-corrected chi connectivity index (χ4v) is 4.38. The third-order valence-corrected chi connectivity index (χ3v) is 4.97. The zero-order valence-electron chi connectivity index (χ0n) is 11.9. The number of hydrogen-bond donors (Lipinski definition) is 0. The van der Waals surface area contributed by atoms with Crippen LogP contribution in [0.1, 0.15) is 52.9 Å². The van der Waals surface area contributed by atoms with Gasteiger partial charge in [0.05, 0.1) is 0 Å². The summed E-state index contributed by atoms with van der Waals surface area (Å²) in [6, 6.07) is 0. The second-order valence-electron chi connectivity index (χ2n) is 5.88. The van der Waals surface area contributed by atoms with Crippen LogP contribution in [0, 0.1) is 23.7 Å². The largest absolute Gasteiger partial charge is 0.459 e. The van der Waals surface area contributed by atoms with Gasteiger partial charge in [0.1, 0.15) is 6.10 Å². The molecule has 0 aromatic carbocycles. The summed E-state index contributed by atoms with van der Waals surface area (Å²) in [5.41, 5.74) is 0.533. The molecule has 18 heavy (non-hydrogen) atoms. The van der Waals surface area contributed by atoms with E-state index in [2.05, 4.69) is 6.58 Å². The van der Waals surface area contributed by atoms with Crippen LogP contribution in [0.5, 0.6) is 0 Å². The van der Waals surface area contributed by atoms with E-state index in [4.69, 9.17) is 4.74 Å². The van der Waals surface area contributed by atoms with Crippen molar-refractivity contribution in [3.63, 3.8) is 0 Å². The van der Waals surface area contributed by atoms with Gasteiger partial charge in [-0.25, -0.2) is 4.79 Å². The number of carbonyl (C=O) groups is 1. The molecule has 3 saturated carbocycles.